The SMILES string of the molecule is CNC(=O)c1ccc(-c2cc(F)c(Nc3ncc(Cl)c(NC4=C(C(N)=O)[C@@H]5CC[C@H]4C5)n3)cc2C)cc1. The van der Waals surface area contributed by atoms with E-state index in [1.54, 1.807) is 37.4 Å². The van der Waals surface area contributed by atoms with E-state index < -0.39 is 11.7 Å². The summed E-state index contributed by atoms with van der Waals surface area (Å²) in [7, 11) is 1.57. The monoisotopic (exact) mass is 520 g/mol. The molecule has 2 amide bonds. The van der Waals surface area contributed by atoms with Crippen molar-refractivity contribution in [3.8, 4) is 11.1 Å². The van der Waals surface area contributed by atoms with Crippen molar-refractivity contribution in [2.24, 2.45) is 17.6 Å². The average molecular weight is 521 g/mol. The van der Waals surface area contributed by atoms with E-state index >= 15 is 4.39 Å². The first kappa shape index (κ1) is 24.7. The molecule has 2 aromatic carbocycles. The minimum absolute atomic E-state index is 0.150. The number of anilines is 3. The second-order valence-corrected chi connectivity index (χ2v) is 9.75. The zero-order chi connectivity index (χ0) is 26.3. The van der Waals surface area contributed by atoms with E-state index in [9.17, 15) is 9.59 Å². The van der Waals surface area contributed by atoms with Gasteiger partial charge >= 0.3 is 0 Å². The molecule has 0 saturated heterocycles. The fourth-order valence-electron chi connectivity index (χ4n) is 5.25. The topological polar surface area (TPSA) is 122 Å². The number of carbonyl (C=O) groups is 2. The van der Waals surface area contributed by atoms with Crippen LogP contribution in [0.3, 0.4) is 0 Å². The van der Waals surface area contributed by atoms with Gasteiger partial charge in [-0.15, -0.1) is 0 Å². The van der Waals surface area contributed by atoms with Crippen molar-refractivity contribution in [1.29, 1.82) is 0 Å². The second-order valence-electron chi connectivity index (χ2n) is 9.34. The van der Waals surface area contributed by atoms with Gasteiger partial charge in [0.1, 0.15) is 10.8 Å². The number of primary amides is 1. The number of hydrogen-bond donors (Lipinski definition) is 4. The summed E-state index contributed by atoms with van der Waals surface area (Å²) in [5.41, 5.74) is 10.1. The van der Waals surface area contributed by atoms with Crippen LogP contribution in [0.25, 0.3) is 11.1 Å². The number of aryl methyl sites for hydroxylation is 1. The molecule has 2 aliphatic rings. The number of allylic oxidation sites excluding steroid dienone is 1. The maximum atomic E-state index is 15.1. The number of amides is 2. The Morgan fingerprint density at radius 1 is 1.11 bits per heavy atom. The number of nitrogens with two attached hydrogens (primary N) is 1. The molecule has 10 heteroatoms. The summed E-state index contributed by atoms with van der Waals surface area (Å²) in [5.74, 6) is -0.252. The number of nitrogens with zero attached hydrogens (tertiary/aromatic N) is 2. The molecule has 5 N–H and O–H groups in total. The molecule has 5 rings (SSSR count). The third-order valence-electron chi connectivity index (χ3n) is 7.05. The van der Waals surface area contributed by atoms with Crippen LogP contribution < -0.4 is 21.7 Å². The normalized spacial score (nSPS) is 18.2. The van der Waals surface area contributed by atoms with Gasteiger partial charge in [-0.2, -0.15) is 4.98 Å². The van der Waals surface area contributed by atoms with Gasteiger partial charge in [-0.1, -0.05) is 23.7 Å². The predicted molar refractivity (Wildman–Crippen MR) is 141 cm³/mol. The number of hydrogen-bond acceptors (Lipinski definition) is 6. The average Bonchev–Trinajstić information content (AvgIpc) is 3.49. The van der Waals surface area contributed by atoms with Crippen LogP contribution in [0.2, 0.25) is 5.02 Å². The van der Waals surface area contributed by atoms with E-state index in [1.807, 2.05) is 6.92 Å². The van der Waals surface area contributed by atoms with Crippen LogP contribution in [0.1, 0.15) is 35.2 Å². The molecule has 1 saturated carbocycles. The van der Waals surface area contributed by atoms with Crippen molar-refractivity contribution < 1.29 is 14.0 Å². The Labute approximate surface area is 218 Å². The van der Waals surface area contributed by atoms with Gasteiger partial charge in [0.15, 0.2) is 5.82 Å². The van der Waals surface area contributed by atoms with Gasteiger partial charge in [-0.25, -0.2) is 9.37 Å². The number of rotatable bonds is 7. The fourth-order valence-corrected chi connectivity index (χ4v) is 5.38. The molecule has 2 atom stereocenters. The van der Waals surface area contributed by atoms with Crippen molar-refractivity contribution >= 4 is 40.9 Å². The third-order valence-corrected chi connectivity index (χ3v) is 7.32. The standard InChI is InChI=1S/C27H26ClFN6O2/c1-13-9-21(20(29)11-18(13)14-3-5-15(6-4-14)26(37)31-2)33-27-32-12-19(28)25(35-27)34-23-17-8-7-16(10-17)22(23)24(30)36/h3-6,9,11-12,16-17H,7-8,10H2,1-2H3,(H2,30,36)(H,31,37)(H2,32,33,34,35)/t16-,17+/m1/s1. The Bertz CT molecular complexity index is 1440. The van der Waals surface area contributed by atoms with E-state index in [1.165, 1.54) is 12.3 Å². The van der Waals surface area contributed by atoms with Gasteiger partial charge in [-0.3, -0.25) is 9.59 Å². The number of aromatic nitrogens is 2. The molecule has 0 aliphatic heterocycles. The molecular formula is C27H26ClFN6O2. The Morgan fingerprint density at radius 2 is 1.84 bits per heavy atom. The van der Waals surface area contributed by atoms with E-state index in [4.69, 9.17) is 17.3 Å². The van der Waals surface area contributed by atoms with Crippen LogP contribution in [0.15, 0.2) is 53.9 Å². The lowest BCUT2D eigenvalue weighted by Gasteiger charge is -2.20. The van der Waals surface area contributed by atoms with Gasteiger partial charge in [0.05, 0.1) is 11.9 Å². The number of nitrogens with one attached hydrogen (secondary N) is 3. The summed E-state index contributed by atoms with van der Waals surface area (Å²) in [5, 5.41) is 8.99. The van der Waals surface area contributed by atoms with E-state index in [-0.39, 0.29) is 34.4 Å². The highest BCUT2D eigenvalue weighted by molar-refractivity contribution is 6.32. The molecule has 190 valence electrons. The van der Waals surface area contributed by atoms with Crippen molar-refractivity contribution in [1.82, 2.24) is 15.3 Å². The highest BCUT2D eigenvalue weighted by Crippen LogP contribution is 2.48. The van der Waals surface area contributed by atoms with Gasteiger partial charge in [0, 0.05) is 29.8 Å². The number of carbonyl (C=O) groups excluding carboxylic acids is 2. The molecule has 2 aliphatic carbocycles. The van der Waals surface area contributed by atoms with Crippen LogP contribution in [-0.2, 0) is 4.79 Å². The predicted octanol–water partition coefficient (Wildman–Crippen LogP) is 4.93. The molecule has 37 heavy (non-hydrogen) atoms. The molecule has 2 bridgehead atoms. The largest absolute Gasteiger partial charge is 0.366 e. The lowest BCUT2D eigenvalue weighted by atomic mass is 9.95. The molecule has 3 aromatic rings. The van der Waals surface area contributed by atoms with E-state index in [0.717, 1.165) is 36.1 Å². The van der Waals surface area contributed by atoms with Crippen LogP contribution in [0.4, 0.5) is 21.8 Å². The van der Waals surface area contributed by atoms with Crippen molar-refractivity contribution in [2.45, 2.75) is 26.2 Å². The highest BCUT2D eigenvalue weighted by Gasteiger charge is 2.41. The number of fused-ring (bicyclic) bond motifs is 2. The first-order chi connectivity index (χ1) is 17.7. The van der Waals surface area contributed by atoms with Gasteiger partial charge in [-0.05, 0) is 73.1 Å². The fraction of sp³-hybridized carbons (Fsp3) is 0.259. The van der Waals surface area contributed by atoms with Crippen molar-refractivity contribution in [2.75, 3.05) is 17.7 Å². The summed E-state index contributed by atoms with van der Waals surface area (Å²) >= 11 is 6.34. The summed E-state index contributed by atoms with van der Waals surface area (Å²) in [6.45, 7) is 1.87. The Kier molecular flexibility index (Phi) is 6.55. The first-order valence-electron chi connectivity index (χ1n) is 12.0. The second kappa shape index (κ2) is 9.82. The molecular weight excluding hydrogens is 495 g/mol. The molecule has 0 spiro atoms. The van der Waals surface area contributed by atoms with Crippen LogP contribution in [0, 0.1) is 24.6 Å². The Balaban J connectivity index is 1.39. The van der Waals surface area contributed by atoms with Crippen LogP contribution >= 0.6 is 11.6 Å². The molecule has 1 aromatic heterocycles. The smallest absolute Gasteiger partial charge is 0.251 e. The maximum Gasteiger partial charge on any atom is 0.251 e. The van der Waals surface area contributed by atoms with Gasteiger partial charge in [0.25, 0.3) is 5.91 Å². The molecule has 8 nitrogen and oxygen atoms in total. The van der Waals surface area contributed by atoms with Crippen LogP contribution in [-0.4, -0.2) is 28.8 Å². The van der Waals surface area contributed by atoms with E-state index in [0.29, 0.717) is 22.5 Å². The zero-order valence-corrected chi connectivity index (χ0v) is 21.1. The first-order valence-corrected chi connectivity index (χ1v) is 12.4. The summed E-state index contributed by atoms with van der Waals surface area (Å²) in [6, 6.07) is 10.1. The molecule has 1 heterocycles. The highest BCUT2D eigenvalue weighted by atomic mass is 35.5. The lowest BCUT2D eigenvalue weighted by molar-refractivity contribution is -0.115. The molecule has 0 unspecified atom stereocenters. The van der Waals surface area contributed by atoms with E-state index in [2.05, 4.69) is 25.9 Å². The molecule has 1 fully saturated rings. The Hall–Kier alpha value is -3.98. The maximum absolute atomic E-state index is 15.1. The number of benzene rings is 2. The zero-order valence-electron chi connectivity index (χ0n) is 20.4. The minimum Gasteiger partial charge on any atom is -0.366 e. The minimum atomic E-state index is -0.490. The number of halogens is 2. The lowest BCUT2D eigenvalue weighted by Crippen LogP contribution is -2.23. The van der Waals surface area contributed by atoms with Gasteiger partial charge in [0.2, 0.25) is 11.9 Å². The van der Waals surface area contributed by atoms with Gasteiger partial charge < -0.3 is 21.7 Å². The Morgan fingerprint density at radius 3 is 2.54 bits per heavy atom. The molecule has 0 radical (unpaired) electrons. The third kappa shape index (κ3) is 4.74. The van der Waals surface area contributed by atoms with Crippen molar-refractivity contribution in [3.05, 3.63) is 75.8 Å². The summed E-state index contributed by atoms with van der Waals surface area (Å²) in [6.07, 6.45) is 4.23. The van der Waals surface area contributed by atoms with Crippen molar-refractivity contribution in [3.63, 3.8) is 0 Å². The summed E-state index contributed by atoms with van der Waals surface area (Å²) < 4.78 is 15.1. The van der Waals surface area contributed by atoms with Crippen LogP contribution in [0.5, 0.6) is 0 Å². The quantitative estimate of drug-likeness (QED) is 0.350. The summed E-state index contributed by atoms with van der Waals surface area (Å²) in [4.78, 5) is 32.5.